The quantitative estimate of drug-likeness (QED) is 0.824. The number of nitrogens with zero attached hydrogens (tertiary/aromatic N) is 1. The number of ether oxygens (including phenoxy) is 1. The maximum atomic E-state index is 11.8. The Labute approximate surface area is 148 Å². The van der Waals surface area contributed by atoms with Gasteiger partial charge in [0.2, 0.25) is 0 Å². The van der Waals surface area contributed by atoms with Crippen molar-refractivity contribution in [2.24, 2.45) is 0 Å². The molecule has 2 aromatic carbocycles. The minimum Gasteiger partial charge on any atom is -0.455 e. The topological polar surface area (TPSA) is 79.2 Å². The van der Waals surface area contributed by atoms with Crippen molar-refractivity contribution in [2.45, 2.75) is 6.42 Å². The lowest BCUT2D eigenvalue weighted by Crippen LogP contribution is -2.21. The molecule has 0 aliphatic heterocycles. The van der Waals surface area contributed by atoms with Crippen molar-refractivity contribution in [2.75, 3.05) is 11.9 Å². The highest BCUT2D eigenvalue weighted by atomic mass is 35.5. The summed E-state index contributed by atoms with van der Waals surface area (Å²) in [4.78, 5) is 23.5. The number of benzene rings is 2. The number of anilines is 1. The first-order valence-corrected chi connectivity index (χ1v) is 7.63. The number of rotatable bonds is 5. The number of halogens is 2. The second kappa shape index (κ2) is 8.34. The Kier molecular flexibility index (Phi) is 6.19. The van der Waals surface area contributed by atoms with Crippen molar-refractivity contribution in [1.82, 2.24) is 0 Å². The van der Waals surface area contributed by atoms with Gasteiger partial charge in [0, 0.05) is 5.69 Å². The molecule has 1 N–H and O–H groups in total. The van der Waals surface area contributed by atoms with Crippen molar-refractivity contribution in [3.63, 3.8) is 0 Å². The van der Waals surface area contributed by atoms with Crippen molar-refractivity contribution in [3.05, 3.63) is 63.6 Å². The molecule has 0 unspecified atom stereocenters. The second-order valence-electron chi connectivity index (χ2n) is 4.83. The number of carbonyl (C=O) groups excluding carboxylic acids is 2. The summed E-state index contributed by atoms with van der Waals surface area (Å²) in [5.74, 6) is -1.05. The molecular formula is C17H12Cl2N2O3. The third-order valence-electron chi connectivity index (χ3n) is 2.97. The summed E-state index contributed by atoms with van der Waals surface area (Å²) in [6.45, 7) is -0.420. The summed E-state index contributed by atoms with van der Waals surface area (Å²) < 4.78 is 4.91. The van der Waals surface area contributed by atoms with Gasteiger partial charge in [-0.3, -0.25) is 9.59 Å². The summed E-state index contributed by atoms with van der Waals surface area (Å²) in [7, 11) is 0. The fraction of sp³-hybridized carbons (Fsp3) is 0.118. The van der Waals surface area contributed by atoms with Gasteiger partial charge in [0.25, 0.3) is 5.91 Å². The van der Waals surface area contributed by atoms with Gasteiger partial charge >= 0.3 is 5.97 Å². The normalized spacial score (nSPS) is 9.88. The molecule has 2 aromatic rings. The van der Waals surface area contributed by atoms with Crippen LogP contribution in [-0.4, -0.2) is 18.5 Å². The maximum absolute atomic E-state index is 11.8. The van der Waals surface area contributed by atoms with Crippen LogP contribution in [0.15, 0.2) is 42.5 Å². The highest BCUT2D eigenvalue weighted by Crippen LogP contribution is 2.22. The first-order chi connectivity index (χ1) is 11.5. The molecule has 0 spiro atoms. The summed E-state index contributed by atoms with van der Waals surface area (Å²) in [6.07, 6.45) is -0.0198. The van der Waals surface area contributed by atoms with E-state index in [-0.39, 0.29) is 6.42 Å². The molecule has 122 valence electrons. The third kappa shape index (κ3) is 5.27. The number of carbonyl (C=O) groups is 2. The Bertz CT molecular complexity index is 816. The Hall–Kier alpha value is -2.55. The Balaban J connectivity index is 1.83. The van der Waals surface area contributed by atoms with Gasteiger partial charge in [0.05, 0.1) is 28.1 Å². The largest absolute Gasteiger partial charge is 0.455 e. The van der Waals surface area contributed by atoms with Gasteiger partial charge in [-0.25, -0.2) is 0 Å². The molecule has 0 radical (unpaired) electrons. The average molecular weight is 363 g/mol. The van der Waals surface area contributed by atoms with Crippen LogP contribution in [0.4, 0.5) is 5.69 Å². The van der Waals surface area contributed by atoms with Gasteiger partial charge in [-0.15, -0.1) is 0 Å². The van der Waals surface area contributed by atoms with Crippen LogP contribution < -0.4 is 5.32 Å². The van der Waals surface area contributed by atoms with Crippen LogP contribution in [-0.2, 0) is 20.7 Å². The highest BCUT2D eigenvalue weighted by molar-refractivity contribution is 6.42. The SMILES string of the molecule is N#Cc1cccc(NC(=O)COC(=O)Cc2ccc(Cl)c(Cl)c2)c1. The van der Waals surface area contributed by atoms with Crippen LogP contribution in [0, 0.1) is 11.3 Å². The second-order valence-corrected chi connectivity index (χ2v) is 5.64. The Morgan fingerprint density at radius 1 is 1.12 bits per heavy atom. The molecule has 0 aromatic heterocycles. The van der Waals surface area contributed by atoms with Crippen LogP contribution in [0.2, 0.25) is 10.0 Å². The third-order valence-corrected chi connectivity index (χ3v) is 3.71. The monoisotopic (exact) mass is 362 g/mol. The van der Waals surface area contributed by atoms with E-state index >= 15 is 0 Å². The molecule has 5 nitrogen and oxygen atoms in total. The van der Waals surface area contributed by atoms with Gasteiger partial charge in [0.15, 0.2) is 6.61 Å². The zero-order valence-electron chi connectivity index (χ0n) is 12.4. The number of nitriles is 1. The van der Waals surface area contributed by atoms with E-state index in [0.717, 1.165) is 0 Å². The standard InChI is InChI=1S/C17H12Cl2N2O3/c18-14-5-4-11(7-15(14)19)8-17(23)24-10-16(22)21-13-3-1-2-12(6-13)9-20/h1-7H,8,10H2,(H,21,22). The minimum absolute atomic E-state index is 0.0198. The van der Waals surface area contributed by atoms with Crippen LogP contribution >= 0.6 is 23.2 Å². The zero-order chi connectivity index (χ0) is 17.5. The highest BCUT2D eigenvalue weighted by Gasteiger charge is 2.10. The van der Waals surface area contributed by atoms with E-state index in [1.54, 1.807) is 36.4 Å². The Morgan fingerprint density at radius 3 is 2.62 bits per heavy atom. The lowest BCUT2D eigenvalue weighted by molar-refractivity contribution is -0.146. The van der Waals surface area contributed by atoms with E-state index in [1.165, 1.54) is 6.07 Å². The van der Waals surface area contributed by atoms with Gasteiger partial charge < -0.3 is 10.1 Å². The summed E-state index contributed by atoms with van der Waals surface area (Å²) in [5.41, 5.74) is 1.51. The van der Waals surface area contributed by atoms with Crippen LogP contribution in [0.3, 0.4) is 0 Å². The molecule has 2 rings (SSSR count). The summed E-state index contributed by atoms with van der Waals surface area (Å²) in [6, 6.07) is 13.2. The zero-order valence-corrected chi connectivity index (χ0v) is 13.9. The van der Waals surface area contributed by atoms with Gasteiger partial charge in [-0.2, -0.15) is 5.26 Å². The van der Waals surface area contributed by atoms with Crippen LogP contribution in [0.5, 0.6) is 0 Å². The van der Waals surface area contributed by atoms with Crippen molar-refractivity contribution >= 4 is 40.8 Å². The van der Waals surface area contributed by atoms with Crippen LogP contribution in [0.1, 0.15) is 11.1 Å². The minimum atomic E-state index is -0.561. The lowest BCUT2D eigenvalue weighted by Gasteiger charge is -2.07. The molecule has 1 amide bonds. The predicted octanol–water partition coefficient (Wildman–Crippen LogP) is 3.59. The van der Waals surface area contributed by atoms with Crippen molar-refractivity contribution < 1.29 is 14.3 Å². The fourth-order valence-electron chi connectivity index (χ4n) is 1.88. The average Bonchev–Trinajstić information content (AvgIpc) is 2.56. The van der Waals surface area contributed by atoms with Gasteiger partial charge in [-0.1, -0.05) is 35.3 Å². The molecule has 0 heterocycles. The van der Waals surface area contributed by atoms with Crippen LogP contribution in [0.25, 0.3) is 0 Å². The molecular weight excluding hydrogens is 351 g/mol. The maximum Gasteiger partial charge on any atom is 0.310 e. The van der Waals surface area contributed by atoms with E-state index in [9.17, 15) is 9.59 Å². The first-order valence-electron chi connectivity index (χ1n) is 6.87. The first kappa shape index (κ1) is 17.8. The molecule has 24 heavy (non-hydrogen) atoms. The van der Waals surface area contributed by atoms with Gasteiger partial charge in [0.1, 0.15) is 0 Å². The fourth-order valence-corrected chi connectivity index (χ4v) is 2.20. The van der Waals surface area contributed by atoms with Crippen molar-refractivity contribution in [1.29, 1.82) is 5.26 Å². The molecule has 0 aliphatic carbocycles. The molecule has 0 bridgehead atoms. The summed E-state index contributed by atoms with van der Waals surface area (Å²) in [5, 5.41) is 12.1. The number of hydrogen-bond acceptors (Lipinski definition) is 4. The summed E-state index contributed by atoms with van der Waals surface area (Å²) >= 11 is 11.7. The van der Waals surface area contributed by atoms with E-state index in [1.807, 2.05) is 6.07 Å². The Morgan fingerprint density at radius 2 is 1.92 bits per heavy atom. The van der Waals surface area contributed by atoms with E-state index < -0.39 is 18.5 Å². The van der Waals surface area contributed by atoms with Gasteiger partial charge in [-0.05, 0) is 35.9 Å². The molecule has 0 saturated heterocycles. The smallest absolute Gasteiger partial charge is 0.310 e. The molecule has 0 atom stereocenters. The van der Waals surface area contributed by atoms with E-state index in [0.29, 0.717) is 26.9 Å². The predicted molar refractivity (Wildman–Crippen MR) is 90.9 cm³/mol. The van der Waals surface area contributed by atoms with E-state index in [2.05, 4.69) is 5.32 Å². The molecule has 7 heteroatoms. The number of esters is 1. The number of hydrogen-bond donors (Lipinski definition) is 1. The van der Waals surface area contributed by atoms with E-state index in [4.69, 9.17) is 33.2 Å². The molecule has 0 saturated carbocycles. The number of amides is 1. The van der Waals surface area contributed by atoms with Crippen molar-refractivity contribution in [3.8, 4) is 6.07 Å². The lowest BCUT2D eigenvalue weighted by atomic mass is 10.1. The molecule has 0 fully saturated rings. The molecule has 0 aliphatic rings. The number of nitrogens with one attached hydrogen (secondary N) is 1.